The van der Waals surface area contributed by atoms with E-state index in [2.05, 4.69) is 0 Å². The second-order valence-electron chi connectivity index (χ2n) is 4.88. The third-order valence-corrected chi connectivity index (χ3v) is 3.18. The van der Waals surface area contributed by atoms with E-state index in [1.54, 1.807) is 14.2 Å². The van der Waals surface area contributed by atoms with Crippen molar-refractivity contribution in [3.8, 4) is 11.5 Å². The smallest absolute Gasteiger partial charge is 0.162 e. The van der Waals surface area contributed by atoms with Gasteiger partial charge in [-0.05, 0) is 24.6 Å². The highest BCUT2D eigenvalue weighted by atomic mass is 16.5. The zero-order valence-corrected chi connectivity index (χ0v) is 11.4. The van der Waals surface area contributed by atoms with Crippen LogP contribution in [0.3, 0.4) is 0 Å². The van der Waals surface area contributed by atoms with Gasteiger partial charge in [-0.2, -0.15) is 0 Å². The van der Waals surface area contributed by atoms with Crippen molar-refractivity contribution in [2.45, 2.75) is 25.4 Å². The van der Waals surface area contributed by atoms with E-state index < -0.39 is 5.60 Å². The van der Waals surface area contributed by atoms with Gasteiger partial charge in [-0.15, -0.1) is 0 Å². The van der Waals surface area contributed by atoms with Crippen LogP contribution in [0, 0.1) is 0 Å². The van der Waals surface area contributed by atoms with Crippen LogP contribution in [0.4, 0.5) is 0 Å². The molecule has 1 aliphatic rings. The molecule has 0 fully saturated rings. The van der Waals surface area contributed by atoms with Crippen molar-refractivity contribution >= 4 is 5.78 Å². The van der Waals surface area contributed by atoms with Gasteiger partial charge in [-0.25, -0.2) is 0 Å². The zero-order valence-electron chi connectivity index (χ0n) is 11.4. The average molecular weight is 262 g/mol. The van der Waals surface area contributed by atoms with Gasteiger partial charge < -0.3 is 14.2 Å². The number of ketones is 1. The molecule has 1 unspecified atom stereocenters. The molecule has 0 radical (unpaired) electrons. The lowest BCUT2D eigenvalue weighted by atomic mass is 9.90. The van der Waals surface area contributed by atoms with Gasteiger partial charge in [0.15, 0.2) is 17.3 Å². The Bertz CT molecular complexity index is 507. The first-order valence-electron chi connectivity index (χ1n) is 6.14. The number of allylic oxidation sites excluding steroid dienone is 1. The Morgan fingerprint density at radius 2 is 2.00 bits per heavy atom. The maximum Gasteiger partial charge on any atom is 0.162 e. The molecule has 4 nitrogen and oxygen atoms in total. The van der Waals surface area contributed by atoms with E-state index in [9.17, 15) is 4.79 Å². The van der Waals surface area contributed by atoms with E-state index in [4.69, 9.17) is 14.2 Å². The minimum atomic E-state index is -0.495. The number of hydrogen-bond donors (Lipinski definition) is 0. The number of rotatable bonds is 4. The molecule has 1 aromatic carbocycles. The quantitative estimate of drug-likeness (QED) is 0.836. The van der Waals surface area contributed by atoms with E-state index in [0.717, 1.165) is 5.56 Å². The first kappa shape index (κ1) is 13.5. The third-order valence-electron chi connectivity index (χ3n) is 3.18. The lowest BCUT2D eigenvalue weighted by Crippen LogP contribution is -2.34. The Kier molecular flexibility index (Phi) is 3.79. The lowest BCUT2D eigenvalue weighted by Gasteiger charge is -2.30. The van der Waals surface area contributed by atoms with E-state index in [0.29, 0.717) is 24.3 Å². The van der Waals surface area contributed by atoms with Crippen LogP contribution >= 0.6 is 0 Å². The van der Waals surface area contributed by atoms with Gasteiger partial charge >= 0.3 is 0 Å². The highest BCUT2D eigenvalue weighted by Gasteiger charge is 2.31. The predicted molar refractivity (Wildman–Crippen MR) is 71.5 cm³/mol. The minimum Gasteiger partial charge on any atom is -0.494 e. The average Bonchev–Trinajstić information content (AvgIpc) is 2.37. The number of ether oxygens (including phenoxy) is 3. The number of carbonyl (C=O) groups is 1. The van der Waals surface area contributed by atoms with Crippen LogP contribution in [-0.4, -0.2) is 25.6 Å². The van der Waals surface area contributed by atoms with Crippen LogP contribution in [0.5, 0.6) is 11.5 Å². The maximum atomic E-state index is 11.5. The topological polar surface area (TPSA) is 44.8 Å². The van der Waals surface area contributed by atoms with Crippen molar-refractivity contribution < 1.29 is 19.0 Å². The summed E-state index contributed by atoms with van der Waals surface area (Å²) in [5, 5.41) is 0. The Morgan fingerprint density at radius 3 is 2.63 bits per heavy atom. The highest BCUT2D eigenvalue weighted by Crippen LogP contribution is 2.31. The van der Waals surface area contributed by atoms with Gasteiger partial charge in [0, 0.05) is 12.5 Å². The van der Waals surface area contributed by atoms with Crippen LogP contribution in [-0.2, 0) is 16.0 Å². The van der Waals surface area contributed by atoms with Crippen molar-refractivity contribution in [1.29, 1.82) is 0 Å². The second kappa shape index (κ2) is 5.34. The predicted octanol–water partition coefficient (Wildman–Crippen LogP) is 2.51. The fourth-order valence-electron chi connectivity index (χ4n) is 2.27. The summed E-state index contributed by atoms with van der Waals surface area (Å²) in [6.07, 6.45) is 3.98. The lowest BCUT2D eigenvalue weighted by molar-refractivity contribution is -0.121. The molecule has 0 bridgehead atoms. The van der Waals surface area contributed by atoms with Crippen molar-refractivity contribution in [3.05, 3.63) is 36.1 Å². The molecule has 0 aliphatic carbocycles. The van der Waals surface area contributed by atoms with E-state index in [1.165, 1.54) is 12.3 Å². The van der Waals surface area contributed by atoms with Crippen molar-refractivity contribution in [1.82, 2.24) is 0 Å². The Labute approximate surface area is 113 Å². The molecule has 1 aromatic rings. The third kappa shape index (κ3) is 3.08. The standard InChI is InChI=1S/C15H18O4/c1-15(10-12(16)6-7-19-15)9-11-4-5-13(17-2)14(8-11)18-3/h4-8H,9-10H2,1-3H3. The molecule has 1 aliphatic heterocycles. The van der Waals surface area contributed by atoms with Crippen LogP contribution in [0.1, 0.15) is 18.9 Å². The number of carbonyl (C=O) groups excluding carboxylic acids is 1. The fraction of sp³-hybridized carbons (Fsp3) is 0.400. The van der Waals surface area contributed by atoms with Gasteiger partial charge in [0.1, 0.15) is 5.60 Å². The van der Waals surface area contributed by atoms with Crippen molar-refractivity contribution in [3.63, 3.8) is 0 Å². The molecule has 102 valence electrons. The first-order valence-corrected chi connectivity index (χ1v) is 6.14. The monoisotopic (exact) mass is 262 g/mol. The van der Waals surface area contributed by atoms with Gasteiger partial charge in [0.25, 0.3) is 0 Å². The summed E-state index contributed by atoms with van der Waals surface area (Å²) in [6, 6.07) is 5.73. The molecule has 19 heavy (non-hydrogen) atoms. The van der Waals surface area contributed by atoms with Crippen molar-refractivity contribution in [2.75, 3.05) is 14.2 Å². The van der Waals surface area contributed by atoms with Crippen LogP contribution in [0.2, 0.25) is 0 Å². The molecule has 0 amide bonds. The van der Waals surface area contributed by atoms with E-state index >= 15 is 0 Å². The molecule has 0 saturated carbocycles. The Balaban J connectivity index is 2.19. The molecule has 0 aromatic heterocycles. The summed E-state index contributed by atoms with van der Waals surface area (Å²) in [5.41, 5.74) is 0.550. The molecule has 1 atom stereocenters. The van der Waals surface area contributed by atoms with E-state index in [1.807, 2.05) is 25.1 Å². The molecular formula is C15H18O4. The Morgan fingerprint density at radius 1 is 1.26 bits per heavy atom. The van der Waals surface area contributed by atoms with Crippen LogP contribution in [0.15, 0.2) is 30.5 Å². The zero-order chi connectivity index (χ0) is 13.9. The largest absolute Gasteiger partial charge is 0.494 e. The summed E-state index contributed by atoms with van der Waals surface area (Å²) in [7, 11) is 3.21. The highest BCUT2D eigenvalue weighted by molar-refractivity contribution is 5.90. The van der Waals surface area contributed by atoms with Crippen LogP contribution < -0.4 is 9.47 Å². The SMILES string of the molecule is COc1ccc(CC2(C)CC(=O)C=CO2)cc1OC. The minimum absolute atomic E-state index is 0.0919. The number of methoxy groups -OCH3 is 2. The molecule has 0 spiro atoms. The summed E-state index contributed by atoms with van der Waals surface area (Å²) < 4.78 is 16.1. The molecule has 0 N–H and O–H groups in total. The molecule has 2 rings (SSSR count). The van der Waals surface area contributed by atoms with Crippen molar-refractivity contribution in [2.24, 2.45) is 0 Å². The summed E-state index contributed by atoms with van der Waals surface area (Å²) >= 11 is 0. The summed E-state index contributed by atoms with van der Waals surface area (Å²) in [6.45, 7) is 1.94. The van der Waals surface area contributed by atoms with Crippen LogP contribution in [0.25, 0.3) is 0 Å². The summed E-state index contributed by atoms with van der Waals surface area (Å²) in [5.74, 6) is 1.47. The van der Waals surface area contributed by atoms with Gasteiger partial charge in [0.2, 0.25) is 0 Å². The van der Waals surface area contributed by atoms with Gasteiger partial charge in [-0.1, -0.05) is 6.07 Å². The molecule has 1 heterocycles. The van der Waals surface area contributed by atoms with Gasteiger partial charge in [-0.3, -0.25) is 4.79 Å². The van der Waals surface area contributed by atoms with E-state index in [-0.39, 0.29) is 5.78 Å². The van der Waals surface area contributed by atoms with Gasteiger partial charge in [0.05, 0.1) is 26.9 Å². The maximum absolute atomic E-state index is 11.5. The number of hydrogen-bond acceptors (Lipinski definition) is 4. The molecular weight excluding hydrogens is 244 g/mol. The number of benzene rings is 1. The normalized spacial score (nSPS) is 21.9. The fourth-order valence-corrected chi connectivity index (χ4v) is 2.27. The second-order valence-corrected chi connectivity index (χ2v) is 4.88. The summed E-state index contributed by atoms with van der Waals surface area (Å²) in [4.78, 5) is 11.5. The Hall–Kier alpha value is -1.97. The first-order chi connectivity index (χ1) is 9.06. The molecule has 0 saturated heterocycles. The molecule has 4 heteroatoms.